The van der Waals surface area contributed by atoms with Gasteiger partial charge in [0.15, 0.2) is 0 Å². The molecule has 3 heteroatoms. The van der Waals surface area contributed by atoms with Crippen molar-refractivity contribution in [2.75, 3.05) is 33.2 Å². The van der Waals surface area contributed by atoms with Gasteiger partial charge in [-0.1, -0.05) is 0 Å². The minimum Gasteiger partial charge on any atom is -0.513 e. The van der Waals surface area contributed by atoms with Crippen molar-refractivity contribution in [2.24, 2.45) is 0 Å². The van der Waals surface area contributed by atoms with Gasteiger partial charge < -0.3 is 10.0 Å². The van der Waals surface area contributed by atoms with E-state index in [1.807, 2.05) is 6.08 Å². The molecule has 0 aromatic rings. The zero-order chi connectivity index (χ0) is 9.97. The Balaban J connectivity index is 1.84. The normalized spacial score (nSPS) is 31.5. The standard InChI is InChI=1S/C11H20N2O/c1-12-6-8-13(9-7-12)10-2-4-11(14)5-3-10/h4,10,14H,2-3,5-9H2,1H3. The molecule has 1 heterocycles. The second-order valence-corrected chi connectivity index (χ2v) is 4.46. The molecule has 1 atom stereocenters. The molecule has 0 saturated carbocycles. The number of aliphatic hydroxyl groups excluding tert-OH is 1. The van der Waals surface area contributed by atoms with Gasteiger partial charge in [0.2, 0.25) is 0 Å². The van der Waals surface area contributed by atoms with Crippen LogP contribution in [0, 0.1) is 0 Å². The molecule has 1 aliphatic heterocycles. The van der Waals surface area contributed by atoms with Crippen LogP contribution in [0.4, 0.5) is 0 Å². The first-order valence-electron chi connectivity index (χ1n) is 5.56. The summed E-state index contributed by atoms with van der Waals surface area (Å²) < 4.78 is 0. The maximum absolute atomic E-state index is 9.30. The molecule has 80 valence electrons. The summed E-state index contributed by atoms with van der Waals surface area (Å²) >= 11 is 0. The van der Waals surface area contributed by atoms with E-state index in [0.717, 1.165) is 19.3 Å². The van der Waals surface area contributed by atoms with Crippen LogP contribution in [0.25, 0.3) is 0 Å². The van der Waals surface area contributed by atoms with Crippen molar-refractivity contribution in [3.63, 3.8) is 0 Å². The molecule has 1 saturated heterocycles. The topological polar surface area (TPSA) is 26.7 Å². The van der Waals surface area contributed by atoms with Gasteiger partial charge in [-0.2, -0.15) is 0 Å². The number of aliphatic hydroxyl groups is 1. The number of likely N-dealkylation sites (N-methyl/N-ethyl adjacent to an activating group) is 1. The van der Waals surface area contributed by atoms with Crippen LogP contribution in [-0.4, -0.2) is 54.2 Å². The lowest BCUT2D eigenvalue weighted by Gasteiger charge is -2.38. The lowest BCUT2D eigenvalue weighted by molar-refractivity contribution is 0.102. The third-order valence-electron chi connectivity index (χ3n) is 3.41. The summed E-state index contributed by atoms with van der Waals surface area (Å²) in [6.07, 6.45) is 5.03. The van der Waals surface area contributed by atoms with Gasteiger partial charge in [0, 0.05) is 38.6 Å². The van der Waals surface area contributed by atoms with Crippen LogP contribution in [0.15, 0.2) is 11.8 Å². The van der Waals surface area contributed by atoms with Crippen molar-refractivity contribution in [1.82, 2.24) is 9.80 Å². The fourth-order valence-corrected chi connectivity index (χ4v) is 2.33. The van der Waals surface area contributed by atoms with E-state index in [-0.39, 0.29) is 0 Å². The van der Waals surface area contributed by atoms with E-state index in [4.69, 9.17) is 0 Å². The van der Waals surface area contributed by atoms with Crippen LogP contribution < -0.4 is 0 Å². The Hall–Kier alpha value is -0.540. The summed E-state index contributed by atoms with van der Waals surface area (Å²) in [6.45, 7) is 4.75. The first kappa shape index (κ1) is 9.99. The molecule has 0 aromatic heterocycles. The Labute approximate surface area is 86.0 Å². The number of allylic oxidation sites excluding steroid dienone is 1. The summed E-state index contributed by atoms with van der Waals surface area (Å²) in [5.41, 5.74) is 0. The summed E-state index contributed by atoms with van der Waals surface area (Å²) in [4.78, 5) is 4.95. The van der Waals surface area contributed by atoms with Crippen molar-refractivity contribution in [2.45, 2.75) is 25.3 Å². The zero-order valence-corrected chi connectivity index (χ0v) is 8.95. The van der Waals surface area contributed by atoms with Crippen molar-refractivity contribution in [3.8, 4) is 0 Å². The van der Waals surface area contributed by atoms with Crippen molar-refractivity contribution < 1.29 is 5.11 Å². The second-order valence-electron chi connectivity index (χ2n) is 4.46. The average Bonchev–Trinajstić information content (AvgIpc) is 2.21. The van der Waals surface area contributed by atoms with E-state index in [1.165, 1.54) is 26.2 Å². The molecule has 14 heavy (non-hydrogen) atoms. The molecule has 1 unspecified atom stereocenters. The summed E-state index contributed by atoms with van der Waals surface area (Å²) in [5.74, 6) is 0.593. The molecule has 1 fully saturated rings. The molecule has 1 N–H and O–H groups in total. The van der Waals surface area contributed by atoms with Crippen molar-refractivity contribution in [3.05, 3.63) is 11.8 Å². The number of hydrogen-bond acceptors (Lipinski definition) is 3. The highest BCUT2D eigenvalue weighted by Gasteiger charge is 2.23. The Bertz CT molecular complexity index is 219. The van der Waals surface area contributed by atoms with E-state index in [2.05, 4.69) is 16.8 Å². The van der Waals surface area contributed by atoms with Gasteiger partial charge in [-0.25, -0.2) is 0 Å². The molecule has 0 bridgehead atoms. The quantitative estimate of drug-likeness (QED) is 0.683. The smallest absolute Gasteiger partial charge is 0.0884 e. The molecule has 2 aliphatic rings. The monoisotopic (exact) mass is 196 g/mol. The van der Waals surface area contributed by atoms with E-state index in [1.54, 1.807) is 0 Å². The van der Waals surface area contributed by atoms with Gasteiger partial charge in [0.1, 0.15) is 0 Å². The Morgan fingerprint density at radius 3 is 2.57 bits per heavy atom. The predicted octanol–water partition coefficient (Wildman–Crippen LogP) is 1.23. The van der Waals surface area contributed by atoms with Gasteiger partial charge in [0.05, 0.1) is 5.76 Å². The SMILES string of the molecule is CN1CCN(C2CC=C(O)CC2)CC1. The van der Waals surface area contributed by atoms with Crippen LogP contribution in [0.3, 0.4) is 0 Å². The number of hydrogen-bond donors (Lipinski definition) is 1. The minimum atomic E-state index is 0.593. The molecular weight excluding hydrogens is 176 g/mol. The largest absolute Gasteiger partial charge is 0.513 e. The Kier molecular flexibility index (Phi) is 3.08. The molecule has 3 nitrogen and oxygen atoms in total. The summed E-state index contributed by atoms with van der Waals surface area (Å²) in [5, 5.41) is 9.30. The number of rotatable bonds is 1. The van der Waals surface area contributed by atoms with E-state index in [0.29, 0.717) is 11.8 Å². The molecule has 1 aliphatic carbocycles. The highest BCUT2D eigenvalue weighted by atomic mass is 16.3. The number of piperazine rings is 1. The highest BCUT2D eigenvalue weighted by molar-refractivity contribution is 5.00. The fourth-order valence-electron chi connectivity index (χ4n) is 2.33. The van der Waals surface area contributed by atoms with E-state index >= 15 is 0 Å². The van der Waals surface area contributed by atoms with Gasteiger partial charge in [-0.15, -0.1) is 0 Å². The lowest BCUT2D eigenvalue weighted by atomic mass is 9.98. The van der Waals surface area contributed by atoms with Crippen LogP contribution in [-0.2, 0) is 0 Å². The second kappa shape index (κ2) is 4.32. The van der Waals surface area contributed by atoms with Crippen LogP contribution >= 0.6 is 0 Å². The molecule has 0 radical (unpaired) electrons. The summed E-state index contributed by atoms with van der Waals surface area (Å²) in [6, 6.07) is 0.680. The van der Waals surface area contributed by atoms with E-state index in [9.17, 15) is 5.11 Å². The molecule has 0 aromatic carbocycles. The number of nitrogens with zero attached hydrogens (tertiary/aromatic N) is 2. The maximum atomic E-state index is 9.30. The third kappa shape index (κ3) is 2.28. The lowest BCUT2D eigenvalue weighted by Crippen LogP contribution is -2.49. The first-order valence-corrected chi connectivity index (χ1v) is 5.56. The molecule has 2 rings (SSSR count). The predicted molar refractivity (Wildman–Crippen MR) is 57.4 cm³/mol. The third-order valence-corrected chi connectivity index (χ3v) is 3.41. The Morgan fingerprint density at radius 1 is 1.29 bits per heavy atom. The van der Waals surface area contributed by atoms with Crippen LogP contribution in [0.1, 0.15) is 19.3 Å². The fraction of sp³-hybridized carbons (Fsp3) is 0.818. The van der Waals surface area contributed by atoms with Gasteiger partial charge in [-0.05, 0) is 26.0 Å². The van der Waals surface area contributed by atoms with Crippen molar-refractivity contribution in [1.29, 1.82) is 0 Å². The minimum absolute atomic E-state index is 0.593. The zero-order valence-electron chi connectivity index (χ0n) is 8.95. The average molecular weight is 196 g/mol. The Morgan fingerprint density at radius 2 is 2.00 bits per heavy atom. The summed E-state index contributed by atoms with van der Waals surface area (Å²) in [7, 11) is 2.18. The first-order chi connectivity index (χ1) is 6.75. The molecule has 0 spiro atoms. The molecular formula is C11H20N2O. The maximum Gasteiger partial charge on any atom is 0.0884 e. The van der Waals surface area contributed by atoms with Gasteiger partial charge in [-0.3, -0.25) is 4.90 Å². The van der Waals surface area contributed by atoms with E-state index < -0.39 is 0 Å². The van der Waals surface area contributed by atoms with Gasteiger partial charge in [0.25, 0.3) is 0 Å². The molecule has 0 amide bonds. The highest BCUT2D eigenvalue weighted by Crippen LogP contribution is 2.21. The van der Waals surface area contributed by atoms with Crippen molar-refractivity contribution >= 4 is 0 Å². The van der Waals surface area contributed by atoms with Gasteiger partial charge >= 0.3 is 0 Å². The van der Waals surface area contributed by atoms with Crippen LogP contribution in [0.2, 0.25) is 0 Å². The van der Waals surface area contributed by atoms with Crippen LogP contribution in [0.5, 0.6) is 0 Å².